The van der Waals surface area contributed by atoms with Crippen LogP contribution in [0.15, 0.2) is 29.3 Å². The Bertz CT molecular complexity index is 554. The van der Waals surface area contributed by atoms with E-state index in [9.17, 15) is 4.79 Å². The van der Waals surface area contributed by atoms with Gasteiger partial charge in [-0.05, 0) is 18.2 Å². The molecule has 0 fully saturated rings. The number of carboxylic acids is 1. The van der Waals surface area contributed by atoms with E-state index in [1.54, 1.807) is 18.2 Å². The maximum atomic E-state index is 10.7. The molecule has 0 bridgehead atoms. The van der Waals surface area contributed by atoms with Gasteiger partial charge in [-0.1, -0.05) is 0 Å². The molecule has 0 spiro atoms. The fourth-order valence-corrected chi connectivity index (χ4v) is 1.50. The Morgan fingerprint density at radius 1 is 1.40 bits per heavy atom. The van der Waals surface area contributed by atoms with Crippen LogP contribution in [0, 0.1) is 0 Å². The molecule has 1 aromatic heterocycles. The zero-order valence-electron chi connectivity index (χ0n) is 7.64. The van der Waals surface area contributed by atoms with Crippen LogP contribution >= 0.6 is 12.6 Å². The summed E-state index contributed by atoms with van der Waals surface area (Å²) < 4.78 is 0. The van der Waals surface area contributed by atoms with Gasteiger partial charge in [0.05, 0.1) is 11.1 Å². The number of nitrogen functional groups attached to an aromatic ring is 1. The second kappa shape index (κ2) is 3.43. The minimum atomic E-state index is -0.998. The average Bonchev–Trinajstić information content (AvgIpc) is 2.19. The maximum Gasteiger partial charge on any atom is 0.337 e. The summed E-state index contributed by atoms with van der Waals surface area (Å²) >= 11 is 4.16. The summed E-state index contributed by atoms with van der Waals surface area (Å²) in [6, 6.07) is 4.92. The smallest absolute Gasteiger partial charge is 0.337 e. The molecule has 0 amide bonds. The molecule has 0 saturated carbocycles. The van der Waals surface area contributed by atoms with Crippen molar-refractivity contribution in [1.29, 1.82) is 0 Å². The number of nitrogens with zero attached hydrogens (tertiary/aromatic N) is 1. The van der Waals surface area contributed by atoms with E-state index in [-0.39, 0.29) is 5.56 Å². The Hall–Kier alpha value is -1.75. The first kappa shape index (κ1) is 9.79. The van der Waals surface area contributed by atoms with Crippen LogP contribution in [0.1, 0.15) is 10.4 Å². The first-order valence-electron chi connectivity index (χ1n) is 4.19. The van der Waals surface area contributed by atoms with Gasteiger partial charge >= 0.3 is 5.97 Å². The van der Waals surface area contributed by atoms with E-state index in [4.69, 9.17) is 10.8 Å². The summed E-state index contributed by atoms with van der Waals surface area (Å²) in [7, 11) is 0. The maximum absolute atomic E-state index is 10.7. The van der Waals surface area contributed by atoms with Crippen molar-refractivity contribution in [3.8, 4) is 0 Å². The summed E-state index contributed by atoms with van der Waals surface area (Å²) in [4.78, 5) is 15.3. The van der Waals surface area contributed by atoms with Crippen LogP contribution in [0.3, 0.4) is 0 Å². The van der Waals surface area contributed by atoms with Crippen LogP contribution < -0.4 is 5.73 Å². The SMILES string of the molecule is Nc1cc2ncc(C(=O)O)cc2cc1S. The number of benzene rings is 1. The zero-order valence-corrected chi connectivity index (χ0v) is 8.53. The van der Waals surface area contributed by atoms with Crippen LogP contribution in [-0.4, -0.2) is 16.1 Å². The number of anilines is 1. The Kier molecular flexibility index (Phi) is 2.24. The Labute approximate surface area is 91.1 Å². The van der Waals surface area contributed by atoms with E-state index >= 15 is 0 Å². The van der Waals surface area contributed by atoms with Gasteiger partial charge in [0.15, 0.2) is 0 Å². The topological polar surface area (TPSA) is 76.2 Å². The summed E-state index contributed by atoms with van der Waals surface area (Å²) in [5, 5.41) is 9.50. The quantitative estimate of drug-likeness (QED) is 0.506. The Morgan fingerprint density at radius 3 is 2.80 bits per heavy atom. The molecule has 0 radical (unpaired) electrons. The number of nitrogens with two attached hydrogens (primary N) is 1. The molecule has 0 saturated heterocycles. The molecule has 4 nitrogen and oxygen atoms in total. The summed E-state index contributed by atoms with van der Waals surface area (Å²) in [5.74, 6) is -0.998. The van der Waals surface area contributed by atoms with Crippen molar-refractivity contribution < 1.29 is 9.90 Å². The normalized spacial score (nSPS) is 10.5. The number of pyridine rings is 1. The minimum Gasteiger partial charge on any atom is -0.478 e. The predicted molar refractivity (Wildman–Crippen MR) is 60.4 cm³/mol. The van der Waals surface area contributed by atoms with Crippen molar-refractivity contribution in [3.05, 3.63) is 30.0 Å². The molecule has 0 aliphatic carbocycles. The van der Waals surface area contributed by atoms with Gasteiger partial charge in [0, 0.05) is 22.2 Å². The van der Waals surface area contributed by atoms with Crippen LogP contribution in [-0.2, 0) is 0 Å². The Balaban J connectivity index is 2.72. The number of carbonyl (C=O) groups is 1. The third-order valence-electron chi connectivity index (χ3n) is 2.08. The highest BCUT2D eigenvalue weighted by Gasteiger charge is 2.06. The van der Waals surface area contributed by atoms with E-state index in [1.165, 1.54) is 6.20 Å². The van der Waals surface area contributed by atoms with Gasteiger partial charge in [-0.15, -0.1) is 12.6 Å². The molecular weight excluding hydrogens is 212 g/mol. The first-order valence-corrected chi connectivity index (χ1v) is 4.64. The number of carboxylic acid groups (broad SMARTS) is 1. The summed E-state index contributed by atoms with van der Waals surface area (Å²) in [5.41, 5.74) is 7.00. The molecule has 2 aromatic rings. The number of aromatic carboxylic acids is 1. The van der Waals surface area contributed by atoms with E-state index in [0.29, 0.717) is 21.5 Å². The van der Waals surface area contributed by atoms with Gasteiger partial charge in [0.1, 0.15) is 0 Å². The highest BCUT2D eigenvalue weighted by Crippen LogP contribution is 2.23. The monoisotopic (exact) mass is 220 g/mol. The van der Waals surface area contributed by atoms with Crippen LogP contribution in [0.4, 0.5) is 5.69 Å². The van der Waals surface area contributed by atoms with E-state index in [1.807, 2.05) is 0 Å². The van der Waals surface area contributed by atoms with E-state index in [2.05, 4.69) is 17.6 Å². The number of rotatable bonds is 1. The number of hydrogen-bond donors (Lipinski definition) is 3. The second-order valence-electron chi connectivity index (χ2n) is 3.13. The van der Waals surface area contributed by atoms with Crippen molar-refractivity contribution >= 4 is 35.2 Å². The van der Waals surface area contributed by atoms with Gasteiger partial charge < -0.3 is 10.8 Å². The van der Waals surface area contributed by atoms with Crippen molar-refractivity contribution in [2.24, 2.45) is 0 Å². The lowest BCUT2D eigenvalue weighted by atomic mass is 10.1. The second-order valence-corrected chi connectivity index (χ2v) is 3.61. The summed E-state index contributed by atoms with van der Waals surface area (Å²) in [6.45, 7) is 0. The predicted octanol–water partition coefficient (Wildman–Crippen LogP) is 1.80. The van der Waals surface area contributed by atoms with Crippen molar-refractivity contribution in [2.45, 2.75) is 4.90 Å². The number of hydrogen-bond acceptors (Lipinski definition) is 4. The fraction of sp³-hybridized carbons (Fsp3) is 0. The minimum absolute atomic E-state index is 0.153. The lowest BCUT2D eigenvalue weighted by molar-refractivity contribution is 0.0696. The van der Waals surface area contributed by atoms with Gasteiger partial charge in [-0.3, -0.25) is 4.98 Å². The highest BCUT2D eigenvalue weighted by molar-refractivity contribution is 7.80. The lowest BCUT2D eigenvalue weighted by Crippen LogP contribution is -1.97. The summed E-state index contributed by atoms with van der Waals surface area (Å²) in [6.07, 6.45) is 1.31. The molecule has 1 aromatic carbocycles. The molecule has 0 aliphatic heterocycles. The van der Waals surface area contributed by atoms with Crippen LogP contribution in [0.25, 0.3) is 10.9 Å². The fourth-order valence-electron chi connectivity index (χ4n) is 1.30. The van der Waals surface area contributed by atoms with Gasteiger partial charge in [0.2, 0.25) is 0 Å². The molecule has 0 unspecified atom stereocenters. The van der Waals surface area contributed by atoms with E-state index in [0.717, 1.165) is 0 Å². The van der Waals surface area contributed by atoms with Gasteiger partial charge in [-0.2, -0.15) is 0 Å². The average molecular weight is 220 g/mol. The third-order valence-corrected chi connectivity index (χ3v) is 2.46. The molecule has 2 rings (SSSR count). The van der Waals surface area contributed by atoms with Crippen molar-refractivity contribution in [3.63, 3.8) is 0 Å². The molecular formula is C10H8N2O2S. The molecule has 15 heavy (non-hydrogen) atoms. The van der Waals surface area contributed by atoms with E-state index < -0.39 is 5.97 Å². The molecule has 76 valence electrons. The standard InChI is InChI=1S/C10H8N2O2S/c11-7-3-8-5(2-9(7)15)1-6(4-12-8)10(13)14/h1-4,15H,11H2,(H,13,14). The van der Waals surface area contributed by atoms with Crippen molar-refractivity contribution in [1.82, 2.24) is 4.98 Å². The zero-order chi connectivity index (χ0) is 11.0. The third kappa shape index (κ3) is 1.73. The molecule has 5 heteroatoms. The van der Waals surface area contributed by atoms with Gasteiger partial charge in [-0.25, -0.2) is 4.79 Å². The number of thiol groups is 1. The van der Waals surface area contributed by atoms with Gasteiger partial charge in [0.25, 0.3) is 0 Å². The molecule has 0 aliphatic rings. The first-order chi connectivity index (χ1) is 7.08. The van der Waals surface area contributed by atoms with Crippen molar-refractivity contribution in [2.75, 3.05) is 5.73 Å². The van der Waals surface area contributed by atoms with Crippen LogP contribution in [0.2, 0.25) is 0 Å². The molecule has 0 atom stereocenters. The molecule has 1 heterocycles. The molecule has 3 N–H and O–H groups in total. The lowest BCUT2D eigenvalue weighted by Gasteiger charge is -2.03. The number of fused-ring (bicyclic) bond motifs is 1. The Morgan fingerprint density at radius 2 is 2.13 bits per heavy atom. The van der Waals surface area contributed by atoms with Crippen LogP contribution in [0.5, 0.6) is 0 Å². The highest BCUT2D eigenvalue weighted by atomic mass is 32.1. The largest absolute Gasteiger partial charge is 0.478 e. The number of aromatic nitrogens is 1.